The fourth-order valence-electron chi connectivity index (χ4n) is 3.64. The summed E-state index contributed by atoms with van der Waals surface area (Å²) in [6.07, 6.45) is 1.01. The molecule has 34 heavy (non-hydrogen) atoms. The monoisotopic (exact) mass is 469 g/mol. The molecule has 0 saturated carbocycles. The van der Waals surface area contributed by atoms with Crippen molar-refractivity contribution in [3.05, 3.63) is 59.9 Å². The minimum Gasteiger partial charge on any atom is -0.390 e. The molecule has 3 N–H and O–H groups in total. The van der Waals surface area contributed by atoms with Gasteiger partial charge in [-0.25, -0.2) is 13.9 Å². The van der Waals surface area contributed by atoms with Gasteiger partial charge in [0, 0.05) is 24.8 Å². The average molecular weight is 470 g/mol. The lowest BCUT2D eigenvalue weighted by molar-refractivity contribution is 0.0891. The number of rotatable bonds is 11. The van der Waals surface area contributed by atoms with E-state index in [-0.39, 0.29) is 5.82 Å². The topological polar surface area (TPSA) is 108 Å². The Balaban J connectivity index is 1.45. The van der Waals surface area contributed by atoms with Crippen molar-refractivity contribution in [2.75, 3.05) is 25.0 Å². The third-order valence-corrected chi connectivity index (χ3v) is 5.68. The van der Waals surface area contributed by atoms with Crippen LogP contribution in [0.1, 0.15) is 25.8 Å². The van der Waals surface area contributed by atoms with E-state index in [1.54, 1.807) is 42.9 Å². The number of anilines is 1. The van der Waals surface area contributed by atoms with Crippen molar-refractivity contribution >= 4 is 11.7 Å². The lowest BCUT2D eigenvalue weighted by Gasteiger charge is -2.27. The molecule has 1 aromatic heterocycles. The molecule has 0 saturated heterocycles. The fraction of sp³-hybridized carbons (Fsp3) is 0.417. The van der Waals surface area contributed by atoms with Gasteiger partial charge in [-0.2, -0.15) is 0 Å². The minimum atomic E-state index is -0.729. The molecule has 0 bridgehead atoms. The Kier molecular flexibility index (Phi) is 9.06. The molecule has 182 valence electrons. The van der Waals surface area contributed by atoms with E-state index in [0.29, 0.717) is 18.1 Å². The average Bonchev–Trinajstić information content (AvgIpc) is 3.25. The number of likely N-dealkylation sites (N-methyl/N-ethyl adjacent to an activating group) is 1. The third-order valence-electron chi connectivity index (χ3n) is 5.68. The molecule has 2 amide bonds. The van der Waals surface area contributed by atoms with Gasteiger partial charge in [0.1, 0.15) is 5.82 Å². The molecule has 2 atom stereocenters. The van der Waals surface area contributed by atoms with E-state index < -0.39 is 18.2 Å². The van der Waals surface area contributed by atoms with Crippen LogP contribution in [0.2, 0.25) is 0 Å². The first-order chi connectivity index (χ1) is 16.4. The van der Waals surface area contributed by atoms with Crippen molar-refractivity contribution < 1.29 is 14.3 Å². The lowest BCUT2D eigenvalue weighted by Crippen LogP contribution is -2.48. The Hall–Kier alpha value is -3.37. The van der Waals surface area contributed by atoms with Gasteiger partial charge in [-0.15, -0.1) is 5.10 Å². The number of nitrogens with one attached hydrogen (secondary N) is 2. The standard InChI is InChI=1S/C24H32FN7O2/c1-4-32(14-6-7-18-10-12-20(25)13-11-18)16-22(33)17(2)26-24(34)27-21-9-5-8-19(15-21)23-28-29-30-31(23)3/h5,8-13,15,17,22,33H,4,6-7,14,16H2,1-3H3,(H2,26,27,34). The first-order valence-corrected chi connectivity index (χ1v) is 11.4. The normalized spacial score (nSPS) is 13.0. The van der Waals surface area contributed by atoms with Crippen LogP contribution in [0.25, 0.3) is 11.4 Å². The number of aliphatic hydroxyl groups is 1. The summed E-state index contributed by atoms with van der Waals surface area (Å²) in [5.74, 6) is 0.356. The van der Waals surface area contributed by atoms with Gasteiger partial charge in [-0.05, 0) is 73.1 Å². The maximum absolute atomic E-state index is 13.0. The predicted octanol–water partition coefficient (Wildman–Crippen LogP) is 2.84. The molecule has 0 fully saturated rings. The molecular formula is C24H32FN7O2. The molecule has 2 unspecified atom stereocenters. The van der Waals surface area contributed by atoms with Gasteiger partial charge < -0.3 is 20.6 Å². The number of aryl methyl sites for hydroxylation is 2. The number of urea groups is 1. The Morgan fingerprint density at radius 2 is 2.00 bits per heavy atom. The zero-order chi connectivity index (χ0) is 24.5. The summed E-state index contributed by atoms with van der Waals surface area (Å²) >= 11 is 0. The van der Waals surface area contributed by atoms with Crippen molar-refractivity contribution in [1.29, 1.82) is 0 Å². The zero-order valence-electron chi connectivity index (χ0n) is 19.8. The van der Waals surface area contributed by atoms with Crippen LogP contribution in [-0.4, -0.2) is 68.0 Å². The number of aliphatic hydroxyl groups excluding tert-OH is 1. The zero-order valence-corrected chi connectivity index (χ0v) is 19.8. The Labute approximate surface area is 199 Å². The number of halogens is 1. The number of hydrogen-bond donors (Lipinski definition) is 3. The highest BCUT2D eigenvalue weighted by atomic mass is 19.1. The Morgan fingerprint density at radius 3 is 2.68 bits per heavy atom. The summed E-state index contributed by atoms with van der Waals surface area (Å²) in [4.78, 5) is 14.6. The molecule has 2 aromatic carbocycles. The number of carbonyl (C=O) groups excluding carboxylic acids is 1. The highest BCUT2D eigenvalue weighted by Gasteiger charge is 2.19. The van der Waals surface area contributed by atoms with E-state index in [0.717, 1.165) is 37.1 Å². The van der Waals surface area contributed by atoms with E-state index in [1.165, 1.54) is 12.1 Å². The number of nitrogens with zero attached hydrogens (tertiary/aromatic N) is 5. The Bertz CT molecular complexity index is 1060. The minimum absolute atomic E-state index is 0.233. The smallest absolute Gasteiger partial charge is 0.319 e. The van der Waals surface area contributed by atoms with E-state index in [4.69, 9.17) is 0 Å². The second-order valence-corrected chi connectivity index (χ2v) is 8.28. The van der Waals surface area contributed by atoms with Gasteiger partial charge in [-0.3, -0.25) is 0 Å². The highest BCUT2D eigenvalue weighted by molar-refractivity contribution is 5.90. The SMILES string of the molecule is CCN(CCCc1ccc(F)cc1)CC(O)C(C)NC(=O)Nc1cccc(-c2nnnn2C)c1. The van der Waals surface area contributed by atoms with Crippen LogP contribution in [0.3, 0.4) is 0 Å². The van der Waals surface area contributed by atoms with E-state index in [2.05, 4.69) is 31.1 Å². The summed E-state index contributed by atoms with van der Waals surface area (Å²) in [6.45, 7) is 5.83. The quantitative estimate of drug-likeness (QED) is 0.399. The molecule has 10 heteroatoms. The molecule has 0 radical (unpaired) electrons. The Morgan fingerprint density at radius 1 is 1.24 bits per heavy atom. The number of benzene rings is 2. The van der Waals surface area contributed by atoms with Crippen molar-refractivity contribution in [3.63, 3.8) is 0 Å². The van der Waals surface area contributed by atoms with Crippen molar-refractivity contribution in [3.8, 4) is 11.4 Å². The van der Waals surface area contributed by atoms with Gasteiger partial charge in [0.15, 0.2) is 5.82 Å². The maximum Gasteiger partial charge on any atom is 0.319 e. The number of amides is 2. The number of aromatic nitrogens is 4. The highest BCUT2D eigenvalue weighted by Crippen LogP contribution is 2.19. The number of carbonyl (C=O) groups is 1. The van der Waals surface area contributed by atoms with Crippen molar-refractivity contribution in [2.45, 2.75) is 38.8 Å². The number of hydrogen-bond acceptors (Lipinski definition) is 6. The second kappa shape index (κ2) is 12.2. The van der Waals surface area contributed by atoms with Crippen LogP contribution in [-0.2, 0) is 13.5 Å². The second-order valence-electron chi connectivity index (χ2n) is 8.28. The molecule has 9 nitrogen and oxygen atoms in total. The van der Waals surface area contributed by atoms with Crippen molar-refractivity contribution in [1.82, 2.24) is 30.4 Å². The molecular weight excluding hydrogens is 437 g/mol. The van der Waals surface area contributed by atoms with E-state index in [9.17, 15) is 14.3 Å². The van der Waals surface area contributed by atoms with Gasteiger partial charge in [0.05, 0.1) is 12.1 Å². The van der Waals surface area contributed by atoms with Crippen LogP contribution in [0.4, 0.5) is 14.9 Å². The summed E-state index contributed by atoms with van der Waals surface area (Å²) in [6, 6.07) is 12.9. The first-order valence-electron chi connectivity index (χ1n) is 11.4. The van der Waals surface area contributed by atoms with Crippen molar-refractivity contribution in [2.24, 2.45) is 7.05 Å². The molecule has 0 aliphatic heterocycles. The van der Waals surface area contributed by atoms with E-state index >= 15 is 0 Å². The maximum atomic E-state index is 13.0. The third kappa shape index (κ3) is 7.32. The summed E-state index contributed by atoms with van der Waals surface area (Å²) in [7, 11) is 1.74. The van der Waals surface area contributed by atoms with Crippen LogP contribution in [0, 0.1) is 5.82 Å². The van der Waals surface area contributed by atoms with Gasteiger partial charge in [0.25, 0.3) is 0 Å². The summed E-state index contributed by atoms with van der Waals surface area (Å²) in [5.41, 5.74) is 2.46. The number of tetrazole rings is 1. The molecule has 0 aliphatic rings. The first kappa shape index (κ1) is 25.3. The van der Waals surface area contributed by atoms with E-state index in [1.807, 2.05) is 19.1 Å². The van der Waals surface area contributed by atoms with Gasteiger partial charge >= 0.3 is 6.03 Å². The van der Waals surface area contributed by atoms with Crippen LogP contribution < -0.4 is 10.6 Å². The van der Waals surface area contributed by atoms with Gasteiger partial charge in [0.2, 0.25) is 0 Å². The molecule has 3 rings (SSSR count). The summed E-state index contributed by atoms with van der Waals surface area (Å²) in [5, 5.41) is 27.7. The molecule has 1 heterocycles. The molecule has 3 aromatic rings. The molecule has 0 aliphatic carbocycles. The fourth-order valence-corrected chi connectivity index (χ4v) is 3.64. The predicted molar refractivity (Wildman–Crippen MR) is 129 cm³/mol. The van der Waals surface area contributed by atoms with Crippen LogP contribution >= 0.6 is 0 Å². The molecule has 0 spiro atoms. The lowest BCUT2D eigenvalue weighted by atomic mass is 10.1. The van der Waals surface area contributed by atoms with Crippen LogP contribution in [0.15, 0.2) is 48.5 Å². The largest absolute Gasteiger partial charge is 0.390 e. The van der Waals surface area contributed by atoms with Crippen LogP contribution in [0.5, 0.6) is 0 Å². The van der Waals surface area contributed by atoms with Gasteiger partial charge in [-0.1, -0.05) is 31.2 Å². The summed E-state index contributed by atoms with van der Waals surface area (Å²) < 4.78 is 14.6.